The molecule has 1 aromatic rings. The fraction of sp³-hybridized carbons (Fsp3) is 0.455. The Morgan fingerprint density at radius 3 is 3.00 bits per heavy atom. The van der Waals surface area contributed by atoms with Crippen molar-refractivity contribution >= 4 is 5.82 Å². The van der Waals surface area contributed by atoms with E-state index in [0.717, 1.165) is 18.8 Å². The molecule has 3 nitrogen and oxygen atoms in total. The van der Waals surface area contributed by atoms with Crippen LogP contribution in [-0.2, 0) is 6.42 Å². The Labute approximate surface area is 84.0 Å². The van der Waals surface area contributed by atoms with Crippen molar-refractivity contribution in [2.45, 2.75) is 26.3 Å². The van der Waals surface area contributed by atoms with Gasteiger partial charge in [-0.1, -0.05) is 0 Å². The average molecular weight is 187 g/mol. The molecule has 1 aliphatic heterocycles. The second-order valence-electron chi connectivity index (χ2n) is 3.86. The maximum atomic E-state index is 8.74. The van der Waals surface area contributed by atoms with Gasteiger partial charge in [0.05, 0.1) is 5.56 Å². The molecule has 0 amide bonds. The minimum absolute atomic E-state index is 0.483. The van der Waals surface area contributed by atoms with Gasteiger partial charge in [-0.15, -0.1) is 0 Å². The van der Waals surface area contributed by atoms with Crippen molar-refractivity contribution in [3.05, 3.63) is 23.4 Å². The molecule has 1 aromatic heterocycles. The summed E-state index contributed by atoms with van der Waals surface area (Å²) in [5, 5.41) is 8.74. The number of nitriles is 1. The van der Waals surface area contributed by atoms with Crippen LogP contribution in [0.1, 0.15) is 25.0 Å². The molecular formula is C11H13N3. The third-order valence-corrected chi connectivity index (χ3v) is 2.59. The fourth-order valence-electron chi connectivity index (χ4n) is 1.86. The lowest BCUT2D eigenvalue weighted by atomic mass is 10.2. The molecule has 3 heteroatoms. The van der Waals surface area contributed by atoms with Crippen molar-refractivity contribution in [1.29, 1.82) is 5.26 Å². The molecule has 0 saturated carbocycles. The molecule has 14 heavy (non-hydrogen) atoms. The molecule has 1 aliphatic rings. The summed E-state index contributed by atoms with van der Waals surface area (Å²) >= 11 is 0. The Balaban J connectivity index is 2.39. The summed E-state index contributed by atoms with van der Waals surface area (Å²) in [6.45, 7) is 5.35. The van der Waals surface area contributed by atoms with Gasteiger partial charge in [-0.2, -0.15) is 5.26 Å². The molecule has 0 spiro atoms. The van der Waals surface area contributed by atoms with Crippen molar-refractivity contribution in [3.63, 3.8) is 0 Å². The predicted octanol–water partition coefficient (Wildman–Crippen LogP) is 1.72. The molecule has 0 bridgehead atoms. The van der Waals surface area contributed by atoms with Gasteiger partial charge in [0.25, 0.3) is 0 Å². The highest BCUT2D eigenvalue weighted by molar-refractivity contribution is 5.54. The van der Waals surface area contributed by atoms with Gasteiger partial charge in [0.1, 0.15) is 11.9 Å². The van der Waals surface area contributed by atoms with Crippen LogP contribution in [0.2, 0.25) is 0 Å². The first-order valence-electron chi connectivity index (χ1n) is 4.88. The summed E-state index contributed by atoms with van der Waals surface area (Å²) in [5.41, 5.74) is 1.87. The van der Waals surface area contributed by atoms with Crippen molar-refractivity contribution in [2.24, 2.45) is 0 Å². The molecule has 2 rings (SSSR count). The Morgan fingerprint density at radius 2 is 2.36 bits per heavy atom. The van der Waals surface area contributed by atoms with Gasteiger partial charge < -0.3 is 4.90 Å². The smallest absolute Gasteiger partial charge is 0.132 e. The van der Waals surface area contributed by atoms with Gasteiger partial charge in [-0.05, 0) is 31.9 Å². The number of rotatable bonds is 1. The van der Waals surface area contributed by atoms with Crippen LogP contribution >= 0.6 is 0 Å². The summed E-state index contributed by atoms with van der Waals surface area (Å²) in [6.07, 6.45) is 2.66. The van der Waals surface area contributed by atoms with Gasteiger partial charge in [-0.3, -0.25) is 0 Å². The van der Waals surface area contributed by atoms with E-state index in [9.17, 15) is 0 Å². The van der Waals surface area contributed by atoms with E-state index in [1.807, 2.05) is 6.07 Å². The second kappa shape index (κ2) is 3.30. The molecule has 0 saturated heterocycles. The van der Waals surface area contributed by atoms with Crippen LogP contribution < -0.4 is 4.90 Å². The van der Waals surface area contributed by atoms with Gasteiger partial charge in [-0.25, -0.2) is 4.98 Å². The van der Waals surface area contributed by atoms with Crippen molar-refractivity contribution < 1.29 is 0 Å². The third-order valence-electron chi connectivity index (χ3n) is 2.59. The minimum atomic E-state index is 0.483. The Hall–Kier alpha value is -1.56. The second-order valence-corrected chi connectivity index (χ2v) is 3.86. The molecule has 2 heterocycles. The van der Waals surface area contributed by atoms with Crippen LogP contribution in [0.5, 0.6) is 0 Å². The molecule has 0 radical (unpaired) electrons. The summed E-state index contributed by atoms with van der Waals surface area (Å²) in [5.74, 6) is 1.05. The zero-order chi connectivity index (χ0) is 10.1. The molecule has 0 atom stereocenters. The third kappa shape index (κ3) is 1.33. The van der Waals surface area contributed by atoms with Crippen LogP contribution in [0.4, 0.5) is 5.82 Å². The Morgan fingerprint density at radius 1 is 1.57 bits per heavy atom. The molecule has 0 aliphatic carbocycles. The highest BCUT2D eigenvalue weighted by atomic mass is 15.2. The van der Waals surface area contributed by atoms with Gasteiger partial charge >= 0.3 is 0 Å². The molecule has 0 unspecified atom stereocenters. The summed E-state index contributed by atoms with van der Waals surface area (Å²) in [6, 6.07) is 4.55. The van der Waals surface area contributed by atoms with Gasteiger partial charge in [0.2, 0.25) is 0 Å². The minimum Gasteiger partial charge on any atom is -0.354 e. The van der Waals surface area contributed by atoms with Crippen LogP contribution in [0.15, 0.2) is 12.3 Å². The van der Waals surface area contributed by atoms with E-state index in [-0.39, 0.29) is 0 Å². The van der Waals surface area contributed by atoms with Crippen molar-refractivity contribution in [1.82, 2.24) is 4.98 Å². The lowest BCUT2D eigenvalue weighted by Gasteiger charge is -2.22. The van der Waals surface area contributed by atoms with Crippen LogP contribution in [0.25, 0.3) is 0 Å². The number of hydrogen-bond acceptors (Lipinski definition) is 3. The summed E-state index contributed by atoms with van der Waals surface area (Å²) in [7, 11) is 0. The quantitative estimate of drug-likeness (QED) is 0.672. The first-order chi connectivity index (χ1) is 6.72. The molecule has 0 aromatic carbocycles. The van der Waals surface area contributed by atoms with Gasteiger partial charge in [0, 0.05) is 18.8 Å². The van der Waals surface area contributed by atoms with Crippen molar-refractivity contribution in [2.75, 3.05) is 11.4 Å². The molecule has 72 valence electrons. The first-order valence-corrected chi connectivity index (χ1v) is 4.88. The molecule has 0 N–H and O–H groups in total. The normalized spacial score (nSPS) is 14.3. The topological polar surface area (TPSA) is 39.9 Å². The van der Waals surface area contributed by atoms with E-state index >= 15 is 0 Å². The number of nitrogens with zero attached hydrogens (tertiary/aromatic N) is 3. The lowest BCUT2D eigenvalue weighted by Crippen LogP contribution is -2.28. The summed E-state index contributed by atoms with van der Waals surface area (Å²) in [4.78, 5) is 6.61. The van der Waals surface area contributed by atoms with E-state index in [1.165, 1.54) is 5.56 Å². The lowest BCUT2D eigenvalue weighted by molar-refractivity contribution is 0.703. The zero-order valence-electron chi connectivity index (χ0n) is 8.49. The number of anilines is 1. The fourth-order valence-corrected chi connectivity index (χ4v) is 1.86. The number of hydrogen-bond donors (Lipinski definition) is 0. The number of pyridine rings is 1. The number of aromatic nitrogens is 1. The van der Waals surface area contributed by atoms with E-state index in [1.54, 1.807) is 6.20 Å². The van der Waals surface area contributed by atoms with Crippen LogP contribution in [0, 0.1) is 11.3 Å². The predicted molar refractivity (Wildman–Crippen MR) is 55.1 cm³/mol. The van der Waals surface area contributed by atoms with E-state index in [4.69, 9.17) is 5.26 Å². The van der Waals surface area contributed by atoms with Gasteiger partial charge in [0.15, 0.2) is 0 Å². The molecule has 0 fully saturated rings. The van der Waals surface area contributed by atoms with E-state index in [0.29, 0.717) is 11.6 Å². The highest BCUT2D eigenvalue weighted by Gasteiger charge is 2.22. The molecular weight excluding hydrogens is 174 g/mol. The van der Waals surface area contributed by atoms with Crippen LogP contribution in [0.3, 0.4) is 0 Å². The van der Waals surface area contributed by atoms with Crippen LogP contribution in [-0.4, -0.2) is 17.6 Å². The van der Waals surface area contributed by atoms with Crippen molar-refractivity contribution in [3.8, 4) is 6.07 Å². The maximum absolute atomic E-state index is 8.74. The zero-order valence-corrected chi connectivity index (χ0v) is 8.49. The maximum Gasteiger partial charge on any atom is 0.132 e. The highest BCUT2D eigenvalue weighted by Crippen LogP contribution is 2.27. The summed E-state index contributed by atoms with van der Waals surface area (Å²) < 4.78 is 0. The Bertz CT molecular complexity index is 390. The number of fused-ring (bicyclic) bond motifs is 1. The Kier molecular flexibility index (Phi) is 2.12. The first kappa shape index (κ1) is 9.01. The average Bonchev–Trinajstić information content (AvgIpc) is 2.59. The standard InChI is InChI=1S/C11H13N3/c1-8(2)14-4-3-10-5-9(6-12)7-13-11(10)14/h5,7-8H,3-4H2,1-2H3. The monoisotopic (exact) mass is 187 g/mol. The largest absolute Gasteiger partial charge is 0.354 e. The van der Waals surface area contributed by atoms with E-state index < -0.39 is 0 Å². The van der Waals surface area contributed by atoms with E-state index in [2.05, 4.69) is 29.8 Å². The SMILES string of the molecule is CC(C)N1CCc2cc(C#N)cnc21.